The molecule has 0 N–H and O–H groups in total. The molecule has 14 heavy (non-hydrogen) atoms. The van der Waals surface area contributed by atoms with Crippen molar-refractivity contribution in [2.24, 2.45) is 0 Å². The Hall–Kier alpha value is -1.05. The normalized spacial score (nSPS) is 16.6. The second kappa shape index (κ2) is 4.45. The molecule has 0 saturated carbocycles. The summed E-state index contributed by atoms with van der Waals surface area (Å²) in [5.74, 6) is 1.02. The summed E-state index contributed by atoms with van der Waals surface area (Å²) in [6, 6.07) is 1.97. The van der Waals surface area contributed by atoms with Crippen molar-refractivity contribution in [3.63, 3.8) is 0 Å². The highest BCUT2D eigenvalue weighted by atomic mass is 16.5. The van der Waals surface area contributed by atoms with Crippen molar-refractivity contribution in [3.8, 4) is 5.75 Å². The number of hydrogen-bond donors (Lipinski definition) is 0. The van der Waals surface area contributed by atoms with Crippen LogP contribution in [0.25, 0.3) is 0 Å². The molecule has 1 aromatic rings. The quantitative estimate of drug-likeness (QED) is 0.681. The van der Waals surface area contributed by atoms with Crippen molar-refractivity contribution in [2.45, 2.75) is 38.5 Å². The Morgan fingerprint density at radius 3 is 2.71 bits per heavy atom. The SMILES string of the molecule is COc1ccnc2c1CCCCCC2. The number of fused-ring (bicyclic) bond motifs is 1. The van der Waals surface area contributed by atoms with E-state index >= 15 is 0 Å². The molecule has 2 rings (SSSR count). The lowest BCUT2D eigenvalue weighted by Gasteiger charge is -2.15. The number of methoxy groups -OCH3 is 1. The van der Waals surface area contributed by atoms with Gasteiger partial charge in [-0.3, -0.25) is 4.98 Å². The van der Waals surface area contributed by atoms with Crippen LogP contribution in [0.15, 0.2) is 12.3 Å². The maximum absolute atomic E-state index is 5.37. The summed E-state index contributed by atoms with van der Waals surface area (Å²) in [7, 11) is 1.74. The molecule has 0 aliphatic heterocycles. The van der Waals surface area contributed by atoms with Crippen LogP contribution in [0.1, 0.15) is 36.9 Å². The van der Waals surface area contributed by atoms with Crippen molar-refractivity contribution in [2.75, 3.05) is 7.11 Å². The predicted octanol–water partition coefficient (Wildman–Crippen LogP) is 2.75. The van der Waals surface area contributed by atoms with E-state index in [1.807, 2.05) is 12.3 Å². The Morgan fingerprint density at radius 1 is 1.14 bits per heavy atom. The number of pyridine rings is 1. The Bertz CT molecular complexity index is 309. The van der Waals surface area contributed by atoms with Crippen LogP contribution in [0.5, 0.6) is 5.75 Å². The Balaban J connectivity index is 2.33. The minimum Gasteiger partial charge on any atom is -0.496 e. The maximum atomic E-state index is 5.37. The lowest BCUT2D eigenvalue weighted by atomic mass is 9.97. The minimum atomic E-state index is 1.02. The number of aryl methyl sites for hydroxylation is 1. The van der Waals surface area contributed by atoms with Gasteiger partial charge in [-0.05, 0) is 31.7 Å². The van der Waals surface area contributed by atoms with Gasteiger partial charge >= 0.3 is 0 Å². The van der Waals surface area contributed by atoms with Crippen LogP contribution in [0.2, 0.25) is 0 Å². The molecule has 2 nitrogen and oxygen atoms in total. The van der Waals surface area contributed by atoms with E-state index in [1.165, 1.54) is 36.9 Å². The van der Waals surface area contributed by atoms with E-state index in [9.17, 15) is 0 Å². The van der Waals surface area contributed by atoms with Gasteiger partial charge in [0.25, 0.3) is 0 Å². The first-order valence-corrected chi connectivity index (χ1v) is 5.42. The fraction of sp³-hybridized carbons (Fsp3) is 0.583. The minimum absolute atomic E-state index is 1.02. The second-order valence-corrected chi connectivity index (χ2v) is 3.85. The molecule has 76 valence electrons. The Labute approximate surface area is 85.3 Å². The fourth-order valence-electron chi connectivity index (χ4n) is 2.14. The summed E-state index contributed by atoms with van der Waals surface area (Å²) in [6.07, 6.45) is 9.34. The van der Waals surface area contributed by atoms with Gasteiger partial charge in [0.2, 0.25) is 0 Å². The lowest BCUT2D eigenvalue weighted by molar-refractivity contribution is 0.405. The molecule has 1 aromatic heterocycles. The van der Waals surface area contributed by atoms with Gasteiger partial charge in [0.05, 0.1) is 7.11 Å². The van der Waals surface area contributed by atoms with Crippen LogP contribution in [0.3, 0.4) is 0 Å². The standard InChI is InChI=1S/C12H17NO/c1-14-12-8-9-13-11-7-5-3-2-4-6-10(11)12/h8-9H,2-7H2,1H3. The molecule has 0 fully saturated rings. The number of hydrogen-bond acceptors (Lipinski definition) is 2. The number of ether oxygens (including phenoxy) is 1. The van der Waals surface area contributed by atoms with Gasteiger partial charge in [0.1, 0.15) is 5.75 Å². The largest absolute Gasteiger partial charge is 0.496 e. The number of aromatic nitrogens is 1. The van der Waals surface area contributed by atoms with Gasteiger partial charge in [-0.2, -0.15) is 0 Å². The first kappa shape index (κ1) is 9.50. The summed E-state index contributed by atoms with van der Waals surface area (Å²) < 4.78 is 5.37. The highest BCUT2D eigenvalue weighted by molar-refractivity contribution is 5.36. The van der Waals surface area contributed by atoms with Crippen LogP contribution < -0.4 is 4.74 Å². The fourth-order valence-corrected chi connectivity index (χ4v) is 2.14. The average molecular weight is 191 g/mol. The van der Waals surface area contributed by atoms with Gasteiger partial charge in [0, 0.05) is 17.5 Å². The molecule has 1 heterocycles. The molecule has 0 atom stereocenters. The van der Waals surface area contributed by atoms with Crippen molar-refractivity contribution < 1.29 is 4.74 Å². The van der Waals surface area contributed by atoms with E-state index in [4.69, 9.17) is 4.74 Å². The lowest BCUT2D eigenvalue weighted by Crippen LogP contribution is -2.04. The van der Waals surface area contributed by atoms with Gasteiger partial charge in [0.15, 0.2) is 0 Å². The third kappa shape index (κ3) is 1.89. The van der Waals surface area contributed by atoms with Crippen molar-refractivity contribution in [3.05, 3.63) is 23.5 Å². The highest BCUT2D eigenvalue weighted by Gasteiger charge is 2.11. The van der Waals surface area contributed by atoms with E-state index in [0.717, 1.165) is 18.6 Å². The van der Waals surface area contributed by atoms with Crippen LogP contribution in [0.4, 0.5) is 0 Å². The maximum Gasteiger partial charge on any atom is 0.125 e. The van der Waals surface area contributed by atoms with Gasteiger partial charge in [-0.1, -0.05) is 12.8 Å². The molecule has 0 amide bonds. The van der Waals surface area contributed by atoms with Crippen LogP contribution in [-0.2, 0) is 12.8 Å². The zero-order chi connectivity index (χ0) is 9.80. The van der Waals surface area contributed by atoms with E-state index in [0.29, 0.717) is 0 Å². The molecule has 2 heteroatoms. The first-order valence-electron chi connectivity index (χ1n) is 5.42. The van der Waals surface area contributed by atoms with E-state index in [2.05, 4.69) is 4.98 Å². The zero-order valence-electron chi connectivity index (χ0n) is 8.75. The van der Waals surface area contributed by atoms with Crippen molar-refractivity contribution in [1.29, 1.82) is 0 Å². The average Bonchev–Trinajstić information content (AvgIpc) is 2.18. The molecule has 1 aliphatic carbocycles. The third-order valence-electron chi connectivity index (χ3n) is 2.91. The monoisotopic (exact) mass is 191 g/mol. The number of rotatable bonds is 1. The predicted molar refractivity (Wildman–Crippen MR) is 56.7 cm³/mol. The molecule has 0 radical (unpaired) electrons. The molecular weight excluding hydrogens is 174 g/mol. The number of nitrogens with zero attached hydrogens (tertiary/aromatic N) is 1. The molecule has 1 aliphatic rings. The van der Waals surface area contributed by atoms with E-state index in [1.54, 1.807) is 7.11 Å². The summed E-state index contributed by atoms with van der Waals surface area (Å²) in [4.78, 5) is 4.45. The van der Waals surface area contributed by atoms with Crippen LogP contribution >= 0.6 is 0 Å². The second-order valence-electron chi connectivity index (χ2n) is 3.85. The summed E-state index contributed by atoms with van der Waals surface area (Å²) in [5.41, 5.74) is 2.60. The van der Waals surface area contributed by atoms with Gasteiger partial charge in [-0.15, -0.1) is 0 Å². The Kier molecular flexibility index (Phi) is 3.02. The summed E-state index contributed by atoms with van der Waals surface area (Å²) in [6.45, 7) is 0. The van der Waals surface area contributed by atoms with E-state index < -0.39 is 0 Å². The molecule has 0 saturated heterocycles. The first-order chi connectivity index (χ1) is 6.92. The molecule has 0 spiro atoms. The van der Waals surface area contributed by atoms with E-state index in [-0.39, 0.29) is 0 Å². The van der Waals surface area contributed by atoms with Gasteiger partial charge < -0.3 is 4.74 Å². The van der Waals surface area contributed by atoms with Gasteiger partial charge in [-0.25, -0.2) is 0 Å². The molecule has 0 unspecified atom stereocenters. The zero-order valence-corrected chi connectivity index (χ0v) is 8.75. The highest BCUT2D eigenvalue weighted by Crippen LogP contribution is 2.26. The topological polar surface area (TPSA) is 22.1 Å². The Morgan fingerprint density at radius 2 is 1.93 bits per heavy atom. The molecular formula is C12H17NO. The molecule has 0 aromatic carbocycles. The smallest absolute Gasteiger partial charge is 0.125 e. The van der Waals surface area contributed by atoms with Crippen molar-refractivity contribution in [1.82, 2.24) is 4.98 Å². The third-order valence-corrected chi connectivity index (χ3v) is 2.91. The van der Waals surface area contributed by atoms with Crippen molar-refractivity contribution >= 4 is 0 Å². The van der Waals surface area contributed by atoms with Crippen LogP contribution in [0, 0.1) is 0 Å². The summed E-state index contributed by atoms with van der Waals surface area (Å²) in [5, 5.41) is 0. The molecule has 0 bridgehead atoms. The van der Waals surface area contributed by atoms with Crippen LogP contribution in [-0.4, -0.2) is 12.1 Å². The summed E-state index contributed by atoms with van der Waals surface area (Å²) >= 11 is 0.